The second-order valence-electron chi connectivity index (χ2n) is 11.6. The highest BCUT2D eigenvalue weighted by Crippen LogP contribution is 2.31. The van der Waals surface area contributed by atoms with Crippen LogP contribution in [0.15, 0.2) is 36.4 Å². The predicted molar refractivity (Wildman–Crippen MR) is 166 cm³/mol. The van der Waals surface area contributed by atoms with E-state index in [0.29, 0.717) is 28.2 Å². The second kappa shape index (κ2) is 15.4. The van der Waals surface area contributed by atoms with E-state index in [0.717, 1.165) is 25.7 Å². The molecule has 4 rings (SSSR count). The van der Waals surface area contributed by atoms with E-state index in [1.165, 1.54) is 18.6 Å². The molecule has 236 valence electrons. The number of phenolic OH excluding ortho intramolecular Hbond substituents is 2. The van der Waals surface area contributed by atoms with Crippen LogP contribution in [0.2, 0.25) is 0 Å². The minimum Gasteiger partial charge on any atom is -0.508 e. The average Bonchev–Trinajstić information content (AvgIpc) is 2.98. The van der Waals surface area contributed by atoms with E-state index >= 15 is 0 Å². The molecule has 10 N–H and O–H groups in total. The monoisotopic (exact) mass is 617 g/mol. The van der Waals surface area contributed by atoms with Crippen LogP contribution in [0.5, 0.6) is 11.5 Å². The summed E-state index contributed by atoms with van der Waals surface area (Å²) in [5.41, 5.74) is 14.1. The number of nitrogens with two attached hydrogens (primary N) is 2. The van der Waals surface area contributed by atoms with Crippen molar-refractivity contribution in [2.45, 2.75) is 88.6 Å². The maximum atomic E-state index is 13.7. The van der Waals surface area contributed by atoms with Crippen LogP contribution in [0.4, 0.5) is 0 Å². The number of aliphatic hydroxyl groups is 1. The Morgan fingerprint density at radius 2 is 1.53 bits per heavy atom. The largest absolute Gasteiger partial charge is 0.508 e. The fourth-order valence-corrected chi connectivity index (χ4v) is 5.84. The maximum absolute atomic E-state index is 13.7. The smallest absolute Gasteiger partial charge is 0.243 e. The van der Waals surface area contributed by atoms with Crippen LogP contribution in [0.3, 0.4) is 0 Å². The lowest BCUT2D eigenvalue weighted by atomic mass is 9.84. The lowest BCUT2D eigenvalue weighted by molar-refractivity contribution is -0.133. The van der Waals surface area contributed by atoms with Crippen molar-refractivity contribution in [2.24, 2.45) is 17.4 Å². The number of hydrogen-bond acceptors (Lipinski definition) is 8. The highest BCUT2D eigenvalue weighted by Gasteiger charge is 2.32. The van der Waals surface area contributed by atoms with Gasteiger partial charge < -0.3 is 42.7 Å². The molecule has 0 saturated heterocycles. The third-order valence-electron chi connectivity index (χ3n) is 8.47. The first-order chi connectivity index (χ1) is 20.0. The van der Waals surface area contributed by atoms with Gasteiger partial charge in [-0.25, -0.2) is 0 Å². The Bertz CT molecular complexity index is 1290. The van der Waals surface area contributed by atoms with E-state index in [1.54, 1.807) is 24.3 Å². The topological polar surface area (TPSA) is 200 Å². The number of amides is 3. The standard InChI is InChI=1S/C31H43N5O6.ClH/c1-17(18-5-3-2-4-6-18)34-30(41)25-14-22-12-20(8-10-28(22)39)19-7-9-27(38)21(11-19)13-24(33)29(40)35-26(31(42)36-25)15-23(37)16-32;/h7-12,17-18,23-26,37-39H,2-6,13-16,32-33H2,1H3,(H,34,41)(H,35,40)(H,36,42);1H/t17?,23-,24+,25+,26+;/m1./s1. The summed E-state index contributed by atoms with van der Waals surface area (Å²) in [7, 11) is 0. The number of halogens is 1. The molecule has 1 heterocycles. The molecule has 2 aliphatic rings. The maximum Gasteiger partial charge on any atom is 0.243 e. The average molecular weight is 618 g/mol. The van der Waals surface area contributed by atoms with Crippen LogP contribution in [-0.4, -0.2) is 69.9 Å². The van der Waals surface area contributed by atoms with E-state index in [4.69, 9.17) is 11.5 Å². The van der Waals surface area contributed by atoms with Crippen LogP contribution < -0.4 is 27.4 Å². The quantitative estimate of drug-likeness (QED) is 0.237. The lowest BCUT2D eigenvalue weighted by Crippen LogP contribution is -2.58. The molecular formula is C31H44ClN5O6. The van der Waals surface area contributed by atoms with Gasteiger partial charge in [-0.2, -0.15) is 0 Å². The second-order valence-corrected chi connectivity index (χ2v) is 11.6. The molecule has 11 nitrogen and oxygen atoms in total. The van der Waals surface area contributed by atoms with Crippen molar-refractivity contribution in [1.29, 1.82) is 0 Å². The number of aliphatic hydroxyl groups excluding tert-OH is 1. The Balaban J connectivity index is 0.00000506. The summed E-state index contributed by atoms with van der Waals surface area (Å²) < 4.78 is 0. The van der Waals surface area contributed by atoms with Crippen molar-refractivity contribution >= 4 is 30.1 Å². The summed E-state index contributed by atoms with van der Waals surface area (Å²) in [5, 5.41) is 39.9. The number of carbonyl (C=O) groups is 3. The fourth-order valence-electron chi connectivity index (χ4n) is 5.84. The van der Waals surface area contributed by atoms with Gasteiger partial charge in [0.15, 0.2) is 0 Å². The minimum atomic E-state index is -1.24. The molecule has 1 aliphatic heterocycles. The van der Waals surface area contributed by atoms with Gasteiger partial charge in [0, 0.05) is 31.8 Å². The van der Waals surface area contributed by atoms with Gasteiger partial charge in [-0.3, -0.25) is 14.4 Å². The zero-order valence-corrected chi connectivity index (χ0v) is 25.2. The molecule has 4 bridgehead atoms. The van der Waals surface area contributed by atoms with E-state index < -0.39 is 42.0 Å². The third kappa shape index (κ3) is 8.82. The van der Waals surface area contributed by atoms with Crippen molar-refractivity contribution in [3.8, 4) is 22.6 Å². The summed E-state index contributed by atoms with van der Waals surface area (Å²) in [5.74, 6) is -1.52. The SMILES string of the molecule is CC(NC(=O)[C@@H]1Cc2cc(ccc2O)-c2ccc(O)c(c2)C[C@H](N)C(=O)N[C@@H](C[C@@H](O)CN)C(=O)N1)C1CCCCC1.Cl. The Labute approximate surface area is 258 Å². The zero-order valence-electron chi connectivity index (χ0n) is 24.4. The zero-order chi connectivity index (χ0) is 30.4. The number of aromatic hydroxyl groups is 2. The van der Waals surface area contributed by atoms with Crippen LogP contribution in [0.25, 0.3) is 11.1 Å². The van der Waals surface area contributed by atoms with E-state index in [2.05, 4.69) is 16.0 Å². The number of rotatable bonds is 6. The highest BCUT2D eigenvalue weighted by molar-refractivity contribution is 5.93. The fraction of sp³-hybridized carbons (Fsp3) is 0.516. The van der Waals surface area contributed by atoms with Gasteiger partial charge in [-0.1, -0.05) is 31.4 Å². The number of phenols is 2. The normalized spacial score (nSPS) is 22.9. The van der Waals surface area contributed by atoms with E-state index in [-0.39, 0.29) is 55.8 Å². The number of hydrogen-bond donors (Lipinski definition) is 8. The van der Waals surface area contributed by atoms with Gasteiger partial charge in [0.2, 0.25) is 17.7 Å². The number of nitrogens with one attached hydrogen (secondary N) is 3. The number of fused-ring (bicyclic) bond motifs is 5. The van der Waals surface area contributed by atoms with Gasteiger partial charge in [0.1, 0.15) is 23.6 Å². The Morgan fingerprint density at radius 3 is 2.12 bits per heavy atom. The Kier molecular flexibility index (Phi) is 12.2. The Hall–Kier alpha value is -3.38. The molecule has 12 heteroatoms. The molecule has 1 unspecified atom stereocenters. The first-order valence-corrected chi connectivity index (χ1v) is 14.7. The van der Waals surface area contributed by atoms with E-state index in [1.807, 2.05) is 6.92 Å². The van der Waals surface area contributed by atoms with Gasteiger partial charge in [0.05, 0.1) is 12.1 Å². The molecule has 1 saturated carbocycles. The van der Waals surface area contributed by atoms with Crippen molar-refractivity contribution in [2.75, 3.05) is 6.54 Å². The molecule has 3 amide bonds. The van der Waals surface area contributed by atoms with Crippen LogP contribution >= 0.6 is 12.4 Å². The van der Waals surface area contributed by atoms with Gasteiger partial charge in [-0.05, 0) is 72.2 Å². The lowest BCUT2D eigenvalue weighted by Gasteiger charge is -2.30. The molecule has 1 aliphatic carbocycles. The van der Waals surface area contributed by atoms with Crippen molar-refractivity contribution < 1.29 is 29.7 Å². The summed E-state index contributed by atoms with van der Waals surface area (Å²) in [4.78, 5) is 40.3. The van der Waals surface area contributed by atoms with Crippen LogP contribution in [-0.2, 0) is 27.2 Å². The first-order valence-electron chi connectivity index (χ1n) is 14.7. The summed E-state index contributed by atoms with van der Waals surface area (Å²) in [6, 6.07) is 6.34. The molecule has 0 aromatic heterocycles. The molecular weight excluding hydrogens is 574 g/mol. The van der Waals surface area contributed by atoms with Crippen molar-refractivity contribution in [1.82, 2.24) is 16.0 Å². The number of carbonyl (C=O) groups excluding carboxylic acids is 3. The van der Waals surface area contributed by atoms with Gasteiger partial charge >= 0.3 is 0 Å². The first kappa shape index (κ1) is 34.1. The van der Waals surface area contributed by atoms with Crippen LogP contribution in [0, 0.1) is 5.92 Å². The summed E-state index contributed by atoms with van der Waals surface area (Å²) >= 11 is 0. The molecule has 5 atom stereocenters. The Morgan fingerprint density at radius 1 is 0.953 bits per heavy atom. The minimum absolute atomic E-state index is 0. The summed E-state index contributed by atoms with van der Waals surface area (Å²) in [6.45, 7) is 1.82. The van der Waals surface area contributed by atoms with E-state index in [9.17, 15) is 29.7 Å². The molecule has 2 aromatic rings. The van der Waals surface area contributed by atoms with Crippen molar-refractivity contribution in [3.63, 3.8) is 0 Å². The molecule has 2 aromatic carbocycles. The molecule has 0 radical (unpaired) electrons. The molecule has 0 spiro atoms. The van der Waals surface area contributed by atoms with Gasteiger partial charge in [0.25, 0.3) is 0 Å². The number of benzene rings is 2. The highest BCUT2D eigenvalue weighted by atomic mass is 35.5. The summed E-state index contributed by atoms with van der Waals surface area (Å²) in [6.07, 6.45) is 4.08. The van der Waals surface area contributed by atoms with Crippen molar-refractivity contribution in [3.05, 3.63) is 47.5 Å². The van der Waals surface area contributed by atoms with Gasteiger partial charge in [-0.15, -0.1) is 12.4 Å². The third-order valence-corrected chi connectivity index (χ3v) is 8.47. The molecule has 43 heavy (non-hydrogen) atoms. The predicted octanol–water partition coefficient (Wildman–Crippen LogP) is 1.38. The molecule has 1 fully saturated rings. The van der Waals surface area contributed by atoms with Crippen LogP contribution in [0.1, 0.15) is 56.6 Å².